The molecular formula is C12H16O3. The zero-order valence-electron chi connectivity index (χ0n) is 9.16. The van der Waals surface area contributed by atoms with Gasteiger partial charge in [0.25, 0.3) is 0 Å². The van der Waals surface area contributed by atoms with Crippen molar-refractivity contribution >= 4 is 5.78 Å². The number of carbonyl (C=O) groups excluding carboxylic acids is 1. The van der Waals surface area contributed by atoms with Gasteiger partial charge in [-0.05, 0) is 17.7 Å². The van der Waals surface area contributed by atoms with Crippen molar-refractivity contribution < 1.29 is 14.3 Å². The Morgan fingerprint density at radius 3 is 2.80 bits per heavy atom. The monoisotopic (exact) mass is 208 g/mol. The van der Waals surface area contributed by atoms with Gasteiger partial charge < -0.3 is 9.47 Å². The quantitative estimate of drug-likeness (QED) is 0.715. The highest BCUT2D eigenvalue weighted by atomic mass is 16.5. The average Bonchev–Trinajstić information content (AvgIpc) is 2.26. The van der Waals surface area contributed by atoms with Gasteiger partial charge in [-0.25, -0.2) is 0 Å². The lowest BCUT2D eigenvalue weighted by Gasteiger charge is -2.03. The molecule has 0 bridgehead atoms. The fourth-order valence-electron chi connectivity index (χ4n) is 1.31. The summed E-state index contributed by atoms with van der Waals surface area (Å²) in [5.74, 6) is 0.970. The molecule has 82 valence electrons. The fourth-order valence-corrected chi connectivity index (χ4v) is 1.31. The van der Waals surface area contributed by atoms with Gasteiger partial charge in [0.05, 0.1) is 13.7 Å². The minimum absolute atomic E-state index is 0.185. The molecule has 0 amide bonds. The molecule has 0 aliphatic carbocycles. The second kappa shape index (κ2) is 6.19. The summed E-state index contributed by atoms with van der Waals surface area (Å²) in [4.78, 5) is 11.5. The van der Waals surface area contributed by atoms with Crippen molar-refractivity contribution in [3.8, 4) is 5.75 Å². The Balaban J connectivity index is 2.52. The SMILES string of the molecule is COCCC(=O)Cc1cccc(OC)c1. The maximum absolute atomic E-state index is 11.5. The third kappa shape index (κ3) is 4.13. The number of rotatable bonds is 6. The first-order chi connectivity index (χ1) is 7.26. The van der Waals surface area contributed by atoms with Gasteiger partial charge in [0.1, 0.15) is 11.5 Å². The van der Waals surface area contributed by atoms with Gasteiger partial charge in [-0.3, -0.25) is 4.79 Å². The number of ether oxygens (including phenoxy) is 2. The van der Waals surface area contributed by atoms with Crippen molar-refractivity contribution in [1.82, 2.24) is 0 Å². The van der Waals surface area contributed by atoms with Crippen LogP contribution in [0, 0.1) is 0 Å². The molecule has 0 fully saturated rings. The lowest BCUT2D eigenvalue weighted by Crippen LogP contribution is -2.06. The molecule has 0 saturated heterocycles. The van der Waals surface area contributed by atoms with Crippen LogP contribution in [-0.2, 0) is 16.0 Å². The Hall–Kier alpha value is -1.35. The fraction of sp³-hybridized carbons (Fsp3) is 0.417. The molecule has 15 heavy (non-hydrogen) atoms. The zero-order valence-corrected chi connectivity index (χ0v) is 9.16. The largest absolute Gasteiger partial charge is 0.497 e. The maximum atomic E-state index is 11.5. The first kappa shape index (κ1) is 11.7. The van der Waals surface area contributed by atoms with Crippen molar-refractivity contribution in [3.63, 3.8) is 0 Å². The molecule has 0 aromatic heterocycles. The summed E-state index contributed by atoms with van der Waals surface area (Å²) >= 11 is 0. The van der Waals surface area contributed by atoms with Crippen LogP contribution >= 0.6 is 0 Å². The summed E-state index contributed by atoms with van der Waals surface area (Å²) < 4.78 is 9.93. The summed E-state index contributed by atoms with van der Waals surface area (Å²) in [6.45, 7) is 0.489. The Bertz CT molecular complexity index is 320. The van der Waals surface area contributed by atoms with Crippen LogP contribution in [0.2, 0.25) is 0 Å². The van der Waals surface area contributed by atoms with Gasteiger partial charge in [-0.2, -0.15) is 0 Å². The molecule has 1 rings (SSSR count). The molecular weight excluding hydrogens is 192 g/mol. The predicted octanol–water partition coefficient (Wildman–Crippen LogP) is 1.84. The van der Waals surface area contributed by atoms with E-state index >= 15 is 0 Å². The summed E-state index contributed by atoms with van der Waals surface area (Å²) in [5, 5.41) is 0. The number of methoxy groups -OCH3 is 2. The number of hydrogen-bond acceptors (Lipinski definition) is 3. The van der Waals surface area contributed by atoms with Gasteiger partial charge in [0.2, 0.25) is 0 Å². The van der Waals surface area contributed by atoms with Crippen LogP contribution in [0.3, 0.4) is 0 Å². The van der Waals surface area contributed by atoms with Crippen LogP contribution in [0.5, 0.6) is 5.75 Å². The second-order valence-corrected chi connectivity index (χ2v) is 3.31. The molecule has 0 N–H and O–H groups in total. The van der Waals surface area contributed by atoms with Crippen LogP contribution in [0.1, 0.15) is 12.0 Å². The Kier molecular flexibility index (Phi) is 4.84. The standard InChI is InChI=1S/C12H16O3/c1-14-7-6-11(13)8-10-4-3-5-12(9-10)15-2/h3-5,9H,6-8H2,1-2H3. The van der Waals surface area contributed by atoms with Crippen LogP contribution in [0.4, 0.5) is 0 Å². The first-order valence-electron chi connectivity index (χ1n) is 4.90. The molecule has 0 heterocycles. The Morgan fingerprint density at radius 2 is 2.13 bits per heavy atom. The third-order valence-electron chi connectivity index (χ3n) is 2.12. The third-order valence-corrected chi connectivity index (χ3v) is 2.12. The topological polar surface area (TPSA) is 35.5 Å². The van der Waals surface area contributed by atoms with E-state index in [2.05, 4.69) is 0 Å². The second-order valence-electron chi connectivity index (χ2n) is 3.31. The molecule has 3 nitrogen and oxygen atoms in total. The molecule has 0 unspecified atom stereocenters. The van der Waals surface area contributed by atoms with Gasteiger partial charge in [0, 0.05) is 20.0 Å². The smallest absolute Gasteiger partial charge is 0.139 e. The van der Waals surface area contributed by atoms with Crippen molar-refractivity contribution in [2.45, 2.75) is 12.8 Å². The number of ketones is 1. The van der Waals surface area contributed by atoms with Crippen LogP contribution < -0.4 is 4.74 Å². The van der Waals surface area contributed by atoms with E-state index in [0.29, 0.717) is 19.4 Å². The first-order valence-corrected chi connectivity index (χ1v) is 4.90. The number of Topliss-reactive ketones (excluding diaryl/α,β-unsaturated/α-hetero) is 1. The van der Waals surface area contributed by atoms with E-state index in [9.17, 15) is 4.79 Å². The van der Waals surface area contributed by atoms with E-state index in [1.165, 1.54) is 0 Å². The molecule has 1 aromatic rings. The molecule has 0 aliphatic rings. The van der Waals surface area contributed by atoms with Crippen molar-refractivity contribution in [2.24, 2.45) is 0 Å². The summed E-state index contributed by atoms with van der Waals surface area (Å²) in [6.07, 6.45) is 0.911. The number of carbonyl (C=O) groups is 1. The van der Waals surface area contributed by atoms with Crippen molar-refractivity contribution in [2.75, 3.05) is 20.8 Å². The van der Waals surface area contributed by atoms with Gasteiger partial charge in [-0.1, -0.05) is 12.1 Å². The van der Waals surface area contributed by atoms with E-state index in [0.717, 1.165) is 11.3 Å². The molecule has 0 atom stereocenters. The van der Waals surface area contributed by atoms with Crippen LogP contribution in [0.15, 0.2) is 24.3 Å². The van der Waals surface area contributed by atoms with Crippen molar-refractivity contribution in [3.05, 3.63) is 29.8 Å². The molecule has 0 aliphatic heterocycles. The van der Waals surface area contributed by atoms with E-state index in [1.54, 1.807) is 14.2 Å². The molecule has 1 aromatic carbocycles. The van der Waals surface area contributed by atoms with Crippen molar-refractivity contribution in [1.29, 1.82) is 0 Å². The highest BCUT2D eigenvalue weighted by Crippen LogP contribution is 2.13. The van der Waals surface area contributed by atoms with Gasteiger partial charge in [0.15, 0.2) is 0 Å². The average molecular weight is 208 g/mol. The normalized spacial score (nSPS) is 10.0. The predicted molar refractivity (Wildman–Crippen MR) is 58.2 cm³/mol. The Morgan fingerprint density at radius 1 is 1.33 bits per heavy atom. The lowest BCUT2D eigenvalue weighted by atomic mass is 10.1. The summed E-state index contributed by atoms with van der Waals surface area (Å²) in [6, 6.07) is 7.55. The molecule has 3 heteroatoms. The molecule has 0 spiro atoms. The van der Waals surface area contributed by atoms with Gasteiger partial charge in [-0.15, -0.1) is 0 Å². The minimum atomic E-state index is 0.185. The van der Waals surface area contributed by atoms with E-state index in [1.807, 2.05) is 24.3 Å². The summed E-state index contributed by atoms with van der Waals surface area (Å²) in [5.41, 5.74) is 0.982. The highest BCUT2D eigenvalue weighted by molar-refractivity contribution is 5.81. The van der Waals surface area contributed by atoms with Crippen LogP contribution in [0.25, 0.3) is 0 Å². The van der Waals surface area contributed by atoms with Crippen LogP contribution in [-0.4, -0.2) is 26.6 Å². The summed E-state index contributed by atoms with van der Waals surface area (Å²) in [7, 11) is 3.21. The van der Waals surface area contributed by atoms with E-state index in [4.69, 9.17) is 9.47 Å². The number of hydrogen-bond donors (Lipinski definition) is 0. The maximum Gasteiger partial charge on any atom is 0.139 e. The Labute approximate surface area is 90.0 Å². The lowest BCUT2D eigenvalue weighted by molar-refractivity contribution is -0.119. The molecule has 0 radical (unpaired) electrons. The van der Waals surface area contributed by atoms with E-state index in [-0.39, 0.29) is 5.78 Å². The zero-order chi connectivity index (χ0) is 11.1. The minimum Gasteiger partial charge on any atom is -0.497 e. The number of benzene rings is 1. The molecule has 0 saturated carbocycles. The van der Waals surface area contributed by atoms with E-state index < -0.39 is 0 Å². The van der Waals surface area contributed by atoms with Gasteiger partial charge >= 0.3 is 0 Å². The highest BCUT2D eigenvalue weighted by Gasteiger charge is 2.04.